The highest BCUT2D eigenvalue weighted by Crippen LogP contribution is 2.29. The molecule has 0 radical (unpaired) electrons. The van der Waals surface area contributed by atoms with E-state index in [1.165, 1.54) is 13.1 Å². The van der Waals surface area contributed by atoms with Crippen molar-refractivity contribution in [3.05, 3.63) is 24.3 Å². The number of aliphatic hydroxyl groups is 1. The minimum Gasteiger partial charge on any atom is -0.388 e. The Morgan fingerprint density at radius 1 is 1.11 bits per heavy atom. The number of nitrogens with one attached hydrogen (secondary N) is 2. The molecular formula is C13H22N2O3S. The van der Waals surface area contributed by atoms with E-state index in [-0.39, 0.29) is 4.90 Å². The fraction of sp³-hybridized carbons (Fsp3) is 0.538. The highest BCUT2D eigenvalue weighted by Gasteiger charge is 2.35. The first kappa shape index (κ1) is 15.9. The van der Waals surface area contributed by atoms with E-state index in [1.54, 1.807) is 32.0 Å². The van der Waals surface area contributed by atoms with Gasteiger partial charge in [-0.2, -0.15) is 0 Å². The molecule has 0 saturated heterocycles. The van der Waals surface area contributed by atoms with E-state index >= 15 is 0 Å². The van der Waals surface area contributed by atoms with Gasteiger partial charge in [-0.25, -0.2) is 13.1 Å². The fourth-order valence-corrected chi connectivity index (χ4v) is 2.29. The summed E-state index contributed by atoms with van der Waals surface area (Å²) < 4.78 is 26.2. The van der Waals surface area contributed by atoms with Gasteiger partial charge in [-0.1, -0.05) is 12.1 Å². The van der Waals surface area contributed by atoms with Gasteiger partial charge in [-0.15, -0.1) is 0 Å². The van der Waals surface area contributed by atoms with Crippen molar-refractivity contribution in [1.82, 2.24) is 4.72 Å². The zero-order valence-electron chi connectivity index (χ0n) is 12.0. The highest BCUT2D eigenvalue weighted by molar-refractivity contribution is 7.89. The third kappa shape index (κ3) is 3.46. The molecule has 0 saturated carbocycles. The normalized spacial score (nSPS) is 13.4. The molecule has 0 aliphatic heterocycles. The average Bonchev–Trinajstić information content (AvgIpc) is 2.27. The predicted octanol–water partition coefficient (Wildman–Crippen LogP) is 1.56. The Balaban J connectivity index is 3.25. The van der Waals surface area contributed by atoms with Gasteiger partial charge < -0.3 is 10.4 Å². The van der Waals surface area contributed by atoms with E-state index in [1.807, 2.05) is 13.8 Å². The number of anilines is 1. The van der Waals surface area contributed by atoms with Crippen LogP contribution >= 0.6 is 0 Å². The summed E-state index contributed by atoms with van der Waals surface area (Å²) in [4.78, 5) is 0.162. The molecule has 6 heteroatoms. The Morgan fingerprint density at radius 2 is 1.63 bits per heavy atom. The lowest BCUT2D eigenvalue weighted by Gasteiger charge is -2.39. The van der Waals surface area contributed by atoms with E-state index in [4.69, 9.17) is 0 Å². The number of rotatable bonds is 5. The molecule has 108 valence electrons. The van der Waals surface area contributed by atoms with E-state index in [9.17, 15) is 13.5 Å². The SMILES string of the molecule is CNS(=O)(=O)c1ccccc1NC(C)(C)C(C)(C)O. The number of benzene rings is 1. The first-order valence-electron chi connectivity index (χ1n) is 6.04. The van der Waals surface area contributed by atoms with Crippen molar-refractivity contribution in [2.45, 2.75) is 43.7 Å². The molecule has 19 heavy (non-hydrogen) atoms. The third-order valence-corrected chi connectivity index (χ3v) is 4.89. The highest BCUT2D eigenvalue weighted by atomic mass is 32.2. The molecule has 5 nitrogen and oxygen atoms in total. The number of hydrogen-bond donors (Lipinski definition) is 3. The van der Waals surface area contributed by atoms with Gasteiger partial charge in [0.1, 0.15) is 4.90 Å². The maximum atomic E-state index is 11.9. The van der Waals surface area contributed by atoms with Gasteiger partial charge in [0.15, 0.2) is 0 Å². The zero-order valence-corrected chi connectivity index (χ0v) is 12.8. The molecule has 3 N–H and O–H groups in total. The molecule has 0 atom stereocenters. The van der Waals surface area contributed by atoms with Crippen molar-refractivity contribution < 1.29 is 13.5 Å². The molecule has 0 bridgehead atoms. The molecular weight excluding hydrogens is 264 g/mol. The minimum atomic E-state index is -3.54. The van der Waals surface area contributed by atoms with Gasteiger partial charge in [0.25, 0.3) is 0 Å². The van der Waals surface area contributed by atoms with Crippen LogP contribution in [0.5, 0.6) is 0 Å². The Labute approximate surface area is 115 Å². The number of sulfonamides is 1. The van der Waals surface area contributed by atoms with Crippen LogP contribution in [0.15, 0.2) is 29.2 Å². The van der Waals surface area contributed by atoms with Crippen LogP contribution < -0.4 is 10.0 Å². The van der Waals surface area contributed by atoms with E-state index in [2.05, 4.69) is 10.0 Å². The van der Waals surface area contributed by atoms with Crippen LogP contribution in [-0.4, -0.2) is 31.7 Å². The minimum absolute atomic E-state index is 0.162. The first-order valence-corrected chi connectivity index (χ1v) is 7.53. The molecule has 1 aromatic rings. The van der Waals surface area contributed by atoms with E-state index in [0.717, 1.165) is 0 Å². The molecule has 0 aromatic heterocycles. The van der Waals surface area contributed by atoms with Crippen LogP contribution in [0.4, 0.5) is 5.69 Å². The summed E-state index contributed by atoms with van der Waals surface area (Å²) in [5, 5.41) is 13.2. The number of para-hydroxylation sites is 1. The van der Waals surface area contributed by atoms with Crippen LogP contribution in [0.3, 0.4) is 0 Å². The van der Waals surface area contributed by atoms with Gasteiger partial charge >= 0.3 is 0 Å². The van der Waals surface area contributed by atoms with Crippen LogP contribution in [0.25, 0.3) is 0 Å². The quantitative estimate of drug-likeness (QED) is 0.767. The zero-order chi connectivity index (χ0) is 14.9. The van der Waals surface area contributed by atoms with Crippen LogP contribution in [0, 0.1) is 0 Å². The predicted molar refractivity (Wildman–Crippen MR) is 76.7 cm³/mol. The Hall–Kier alpha value is -1.11. The summed E-state index contributed by atoms with van der Waals surface area (Å²) >= 11 is 0. The fourth-order valence-electron chi connectivity index (χ4n) is 1.40. The smallest absolute Gasteiger partial charge is 0.242 e. The third-order valence-electron chi connectivity index (χ3n) is 3.42. The van der Waals surface area contributed by atoms with Crippen LogP contribution in [0.1, 0.15) is 27.7 Å². The van der Waals surface area contributed by atoms with Crippen molar-refractivity contribution in [2.75, 3.05) is 12.4 Å². The molecule has 0 aliphatic carbocycles. The first-order chi connectivity index (χ1) is 8.51. The summed E-state index contributed by atoms with van der Waals surface area (Å²) in [6.07, 6.45) is 0. The summed E-state index contributed by atoms with van der Waals surface area (Å²) in [5.74, 6) is 0. The topological polar surface area (TPSA) is 78.4 Å². The van der Waals surface area contributed by atoms with Crippen molar-refractivity contribution in [1.29, 1.82) is 0 Å². The molecule has 0 spiro atoms. The monoisotopic (exact) mass is 286 g/mol. The molecule has 0 aliphatic rings. The van der Waals surface area contributed by atoms with Gasteiger partial charge in [0.2, 0.25) is 10.0 Å². The van der Waals surface area contributed by atoms with Gasteiger partial charge in [-0.05, 0) is 46.9 Å². The van der Waals surface area contributed by atoms with E-state index in [0.29, 0.717) is 5.69 Å². The van der Waals surface area contributed by atoms with Gasteiger partial charge in [-0.3, -0.25) is 0 Å². The second-order valence-electron chi connectivity index (χ2n) is 5.51. The lowest BCUT2D eigenvalue weighted by molar-refractivity contribution is 0.0239. The lowest BCUT2D eigenvalue weighted by atomic mass is 9.86. The molecule has 0 unspecified atom stereocenters. The Bertz CT molecular complexity index is 545. The van der Waals surface area contributed by atoms with Crippen molar-refractivity contribution >= 4 is 15.7 Å². The molecule has 0 fully saturated rings. The second-order valence-corrected chi connectivity index (χ2v) is 7.37. The van der Waals surface area contributed by atoms with Gasteiger partial charge in [0, 0.05) is 0 Å². The summed E-state index contributed by atoms with van der Waals surface area (Å²) in [5.41, 5.74) is -1.24. The van der Waals surface area contributed by atoms with E-state index < -0.39 is 21.2 Å². The standard InChI is InChI=1S/C13H22N2O3S/c1-12(2,13(3,4)16)15-10-8-6-7-9-11(10)19(17,18)14-5/h6-9,14-16H,1-5H3. The van der Waals surface area contributed by atoms with Gasteiger partial charge in [0.05, 0.1) is 16.8 Å². The van der Waals surface area contributed by atoms with Crippen molar-refractivity contribution in [3.63, 3.8) is 0 Å². The van der Waals surface area contributed by atoms with Crippen LogP contribution in [0.2, 0.25) is 0 Å². The summed E-state index contributed by atoms with van der Waals surface area (Å²) in [6.45, 7) is 6.98. The molecule has 1 aromatic carbocycles. The molecule has 0 heterocycles. The maximum absolute atomic E-state index is 11.9. The summed E-state index contributed by atoms with van der Waals surface area (Å²) in [6, 6.07) is 6.61. The maximum Gasteiger partial charge on any atom is 0.242 e. The summed E-state index contributed by atoms with van der Waals surface area (Å²) in [7, 11) is -2.17. The Kier molecular flexibility index (Phi) is 4.29. The van der Waals surface area contributed by atoms with Crippen LogP contribution in [-0.2, 0) is 10.0 Å². The average molecular weight is 286 g/mol. The number of hydrogen-bond acceptors (Lipinski definition) is 4. The lowest BCUT2D eigenvalue weighted by Crippen LogP contribution is -2.51. The molecule has 0 amide bonds. The van der Waals surface area contributed by atoms with Crippen molar-refractivity contribution in [2.24, 2.45) is 0 Å². The van der Waals surface area contributed by atoms with Crippen molar-refractivity contribution in [3.8, 4) is 0 Å². The Morgan fingerprint density at radius 3 is 2.11 bits per heavy atom. The second kappa shape index (κ2) is 5.11. The molecule has 1 rings (SSSR count). The largest absolute Gasteiger partial charge is 0.388 e.